The van der Waals surface area contributed by atoms with Crippen molar-refractivity contribution in [3.05, 3.63) is 62.5 Å². The second-order valence-electron chi connectivity index (χ2n) is 4.51. The standard InChI is InChI=1S/C15H9Br2NO2/c16-10-3-1-2-9(6-10)8-18-13-5-4-11(17)7-12(13)14(19)15(18)20/h1-7H,8H2. The van der Waals surface area contributed by atoms with Crippen LogP contribution in [0, 0.1) is 0 Å². The van der Waals surface area contributed by atoms with Gasteiger partial charge in [0.1, 0.15) is 0 Å². The summed E-state index contributed by atoms with van der Waals surface area (Å²) in [6.07, 6.45) is 0. The van der Waals surface area contributed by atoms with E-state index in [1.54, 1.807) is 12.1 Å². The number of nitrogens with zero attached hydrogens (tertiary/aromatic N) is 1. The zero-order valence-corrected chi connectivity index (χ0v) is 13.4. The van der Waals surface area contributed by atoms with E-state index in [0.717, 1.165) is 14.5 Å². The molecule has 0 bridgehead atoms. The van der Waals surface area contributed by atoms with Gasteiger partial charge in [0.2, 0.25) is 0 Å². The Bertz CT molecular complexity index is 728. The van der Waals surface area contributed by atoms with Crippen LogP contribution in [-0.2, 0) is 11.3 Å². The lowest BCUT2D eigenvalue weighted by molar-refractivity contribution is -0.114. The van der Waals surface area contributed by atoms with Gasteiger partial charge in [0, 0.05) is 8.95 Å². The van der Waals surface area contributed by atoms with Gasteiger partial charge in [0.25, 0.3) is 11.7 Å². The molecule has 0 saturated carbocycles. The van der Waals surface area contributed by atoms with Crippen LogP contribution in [0.5, 0.6) is 0 Å². The number of benzene rings is 2. The summed E-state index contributed by atoms with van der Waals surface area (Å²) in [5.74, 6) is -0.922. The van der Waals surface area contributed by atoms with Gasteiger partial charge in [-0.3, -0.25) is 9.59 Å². The fourth-order valence-electron chi connectivity index (χ4n) is 2.25. The van der Waals surface area contributed by atoms with E-state index in [9.17, 15) is 9.59 Å². The normalized spacial score (nSPS) is 13.8. The number of carbonyl (C=O) groups excluding carboxylic acids is 2. The lowest BCUT2D eigenvalue weighted by Gasteiger charge is -2.16. The quantitative estimate of drug-likeness (QED) is 0.723. The topological polar surface area (TPSA) is 37.4 Å². The van der Waals surface area contributed by atoms with Crippen LogP contribution < -0.4 is 4.90 Å². The van der Waals surface area contributed by atoms with E-state index < -0.39 is 11.7 Å². The molecule has 2 aromatic carbocycles. The Hall–Kier alpha value is -1.46. The second-order valence-corrected chi connectivity index (χ2v) is 6.34. The second kappa shape index (κ2) is 5.14. The van der Waals surface area contributed by atoms with Gasteiger partial charge in [0.05, 0.1) is 17.8 Å². The largest absolute Gasteiger partial charge is 0.300 e. The minimum Gasteiger partial charge on any atom is -0.300 e. The molecule has 0 atom stereocenters. The Balaban J connectivity index is 1.99. The molecule has 3 rings (SSSR count). The summed E-state index contributed by atoms with van der Waals surface area (Å²) in [5, 5.41) is 0. The number of hydrogen-bond acceptors (Lipinski definition) is 2. The van der Waals surface area contributed by atoms with E-state index in [1.165, 1.54) is 4.90 Å². The van der Waals surface area contributed by atoms with Gasteiger partial charge in [-0.25, -0.2) is 0 Å². The molecule has 1 heterocycles. The highest BCUT2D eigenvalue weighted by Gasteiger charge is 2.35. The molecule has 0 unspecified atom stereocenters. The average Bonchev–Trinajstić information content (AvgIpc) is 2.64. The average molecular weight is 395 g/mol. The van der Waals surface area contributed by atoms with Crippen LogP contribution in [0.4, 0.5) is 5.69 Å². The van der Waals surface area contributed by atoms with Gasteiger partial charge in [-0.2, -0.15) is 0 Å². The van der Waals surface area contributed by atoms with Crippen LogP contribution in [0.2, 0.25) is 0 Å². The fourth-order valence-corrected chi connectivity index (χ4v) is 3.06. The third-order valence-electron chi connectivity index (χ3n) is 3.16. The van der Waals surface area contributed by atoms with Crippen LogP contribution >= 0.6 is 31.9 Å². The summed E-state index contributed by atoms with van der Waals surface area (Å²) in [5.41, 5.74) is 2.10. The van der Waals surface area contributed by atoms with Crippen molar-refractivity contribution in [1.82, 2.24) is 0 Å². The highest BCUT2D eigenvalue weighted by Crippen LogP contribution is 2.32. The summed E-state index contributed by atoms with van der Waals surface area (Å²) < 4.78 is 1.74. The zero-order valence-electron chi connectivity index (χ0n) is 10.3. The van der Waals surface area contributed by atoms with E-state index in [2.05, 4.69) is 31.9 Å². The molecule has 20 heavy (non-hydrogen) atoms. The molecule has 100 valence electrons. The van der Waals surface area contributed by atoms with Crippen molar-refractivity contribution in [2.24, 2.45) is 0 Å². The Morgan fingerprint density at radius 1 is 0.950 bits per heavy atom. The molecule has 3 nitrogen and oxygen atoms in total. The van der Waals surface area contributed by atoms with Crippen LogP contribution in [0.25, 0.3) is 0 Å². The van der Waals surface area contributed by atoms with Gasteiger partial charge in [-0.1, -0.05) is 44.0 Å². The maximum atomic E-state index is 12.1. The maximum absolute atomic E-state index is 12.1. The highest BCUT2D eigenvalue weighted by atomic mass is 79.9. The molecule has 0 fully saturated rings. The minimum absolute atomic E-state index is 0.388. The van der Waals surface area contributed by atoms with Crippen LogP contribution in [0.3, 0.4) is 0 Å². The first kappa shape index (κ1) is 13.5. The molecule has 0 N–H and O–H groups in total. The van der Waals surface area contributed by atoms with Gasteiger partial charge < -0.3 is 4.90 Å². The van der Waals surface area contributed by atoms with Crippen molar-refractivity contribution in [3.63, 3.8) is 0 Å². The van der Waals surface area contributed by atoms with E-state index >= 15 is 0 Å². The monoisotopic (exact) mass is 393 g/mol. The lowest BCUT2D eigenvalue weighted by atomic mass is 10.1. The molecular weight excluding hydrogens is 386 g/mol. The SMILES string of the molecule is O=C1C(=O)N(Cc2cccc(Br)c2)c2ccc(Br)cc21. The number of ketones is 1. The van der Waals surface area contributed by atoms with E-state index in [4.69, 9.17) is 0 Å². The molecule has 1 amide bonds. The number of fused-ring (bicyclic) bond motifs is 1. The number of Topliss-reactive ketones (excluding diaryl/α,β-unsaturated/α-hetero) is 1. The maximum Gasteiger partial charge on any atom is 0.299 e. The van der Waals surface area contributed by atoms with Crippen LogP contribution in [-0.4, -0.2) is 11.7 Å². The Kier molecular flexibility index (Phi) is 3.48. The third kappa shape index (κ3) is 2.31. The van der Waals surface area contributed by atoms with E-state index in [-0.39, 0.29) is 0 Å². The molecule has 1 aliphatic rings. The summed E-state index contributed by atoms with van der Waals surface area (Å²) in [4.78, 5) is 25.6. The first-order valence-electron chi connectivity index (χ1n) is 5.96. The van der Waals surface area contributed by atoms with Crippen molar-refractivity contribution >= 4 is 49.2 Å². The smallest absolute Gasteiger partial charge is 0.299 e. The van der Waals surface area contributed by atoms with Gasteiger partial charge in [-0.15, -0.1) is 0 Å². The van der Waals surface area contributed by atoms with Crippen molar-refractivity contribution in [2.75, 3.05) is 4.90 Å². The molecule has 0 aromatic heterocycles. The van der Waals surface area contributed by atoms with Gasteiger partial charge in [0.15, 0.2) is 0 Å². The van der Waals surface area contributed by atoms with Gasteiger partial charge in [-0.05, 0) is 35.9 Å². The Morgan fingerprint density at radius 3 is 2.45 bits per heavy atom. The van der Waals surface area contributed by atoms with Crippen LogP contribution in [0.15, 0.2) is 51.4 Å². The summed E-state index contributed by atoms with van der Waals surface area (Å²) in [6, 6.07) is 13.0. The summed E-state index contributed by atoms with van der Waals surface area (Å²) in [6.45, 7) is 0.388. The van der Waals surface area contributed by atoms with Crippen molar-refractivity contribution in [3.8, 4) is 0 Å². The number of anilines is 1. The summed E-state index contributed by atoms with van der Waals surface area (Å²) in [7, 11) is 0. The third-order valence-corrected chi connectivity index (χ3v) is 4.15. The molecule has 0 saturated heterocycles. The highest BCUT2D eigenvalue weighted by molar-refractivity contribution is 9.10. The first-order valence-corrected chi connectivity index (χ1v) is 7.55. The Labute approximate surface area is 132 Å². The zero-order chi connectivity index (χ0) is 14.3. The number of carbonyl (C=O) groups is 2. The number of halogens is 2. The molecular formula is C15H9Br2NO2. The molecule has 0 aliphatic carbocycles. The minimum atomic E-state index is -0.474. The van der Waals surface area contributed by atoms with Crippen molar-refractivity contribution in [2.45, 2.75) is 6.54 Å². The molecule has 2 aromatic rings. The summed E-state index contributed by atoms with van der Waals surface area (Å²) >= 11 is 6.72. The molecule has 0 spiro atoms. The van der Waals surface area contributed by atoms with E-state index in [1.807, 2.05) is 30.3 Å². The molecule has 1 aliphatic heterocycles. The van der Waals surface area contributed by atoms with Crippen LogP contribution in [0.1, 0.15) is 15.9 Å². The Morgan fingerprint density at radius 2 is 1.70 bits per heavy atom. The number of rotatable bonds is 2. The fraction of sp³-hybridized carbons (Fsp3) is 0.0667. The number of amides is 1. The molecule has 0 radical (unpaired) electrons. The molecule has 5 heteroatoms. The number of hydrogen-bond donors (Lipinski definition) is 0. The van der Waals surface area contributed by atoms with Crippen molar-refractivity contribution < 1.29 is 9.59 Å². The predicted octanol–water partition coefficient (Wildman–Crippen LogP) is 3.94. The lowest BCUT2D eigenvalue weighted by Crippen LogP contribution is -2.29. The van der Waals surface area contributed by atoms with Gasteiger partial charge >= 0.3 is 0 Å². The first-order chi connectivity index (χ1) is 9.56. The predicted molar refractivity (Wildman–Crippen MR) is 83.8 cm³/mol. The van der Waals surface area contributed by atoms with E-state index in [0.29, 0.717) is 17.8 Å². The van der Waals surface area contributed by atoms with Crippen molar-refractivity contribution in [1.29, 1.82) is 0 Å².